The van der Waals surface area contributed by atoms with Crippen LogP contribution in [-0.2, 0) is 17.8 Å². The van der Waals surface area contributed by atoms with Gasteiger partial charge in [0.05, 0.1) is 5.69 Å². The van der Waals surface area contributed by atoms with Gasteiger partial charge in [-0.2, -0.15) is 0 Å². The van der Waals surface area contributed by atoms with Gasteiger partial charge in [-0.25, -0.2) is 9.78 Å². The van der Waals surface area contributed by atoms with Gasteiger partial charge >= 0.3 is 5.97 Å². The molecule has 2 aromatic rings. The van der Waals surface area contributed by atoms with Crippen LogP contribution < -0.4 is 4.90 Å². The van der Waals surface area contributed by atoms with Crippen molar-refractivity contribution in [3.05, 3.63) is 64.7 Å². The smallest absolute Gasteiger partial charge is 0.326 e. The molecule has 1 unspecified atom stereocenters. The second-order valence-corrected chi connectivity index (χ2v) is 6.97. The number of nitrogens with zero attached hydrogens (tertiary/aromatic N) is 2. The van der Waals surface area contributed by atoms with Crippen molar-refractivity contribution in [3.63, 3.8) is 0 Å². The number of aromatic nitrogens is 1. The number of carboxylic acids is 1. The standard InChI is InChI=1S/C19H18N2O2S/c22-18(23)17-10-14-8-4-5-9-15(14)11-21(17)19-20-16(12-24-19)13-6-2-1-3-7-13/h1-2,4-6,8-9,12,17H,3,7,10-11H2,(H,22,23). The number of benzene rings is 1. The van der Waals surface area contributed by atoms with Crippen molar-refractivity contribution < 1.29 is 9.90 Å². The Morgan fingerprint density at radius 2 is 2.12 bits per heavy atom. The molecule has 4 rings (SSSR count). The van der Waals surface area contributed by atoms with Gasteiger partial charge in [0.1, 0.15) is 6.04 Å². The Morgan fingerprint density at radius 3 is 2.88 bits per heavy atom. The Labute approximate surface area is 144 Å². The fraction of sp³-hybridized carbons (Fsp3) is 0.263. The molecule has 1 aromatic heterocycles. The zero-order chi connectivity index (χ0) is 16.5. The summed E-state index contributed by atoms with van der Waals surface area (Å²) in [4.78, 5) is 18.4. The van der Waals surface area contributed by atoms with E-state index in [9.17, 15) is 9.90 Å². The average molecular weight is 338 g/mol. The first kappa shape index (κ1) is 15.1. The number of rotatable bonds is 3. The first-order valence-electron chi connectivity index (χ1n) is 8.10. The minimum absolute atomic E-state index is 0.520. The third kappa shape index (κ3) is 2.76. The molecule has 4 nitrogen and oxygen atoms in total. The second kappa shape index (κ2) is 6.24. The summed E-state index contributed by atoms with van der Waals surface area (Å²) in [6.45, 7) is 0.596. The quantitative estimate of drug-likeness (QED) is 0.922. The molecule has 1 aliphatic heterocycles. The fourth-order valence-corrected chi connectivity index (χ4v) is 4.20. The monoisotopic (exact) mass is 338 g/mol. The number of carbonyl (C=O) groups is 1. The first-order chi connectivity index (χ1) is 11.7. The van der Waals surface area contributed by atoms with Gasteiger partial charge in [0, 0.05) is 18.3 Å². The zero-order valence-electron chi connectivity index (χ0n) is 13.2. The lowest BCUT2D eigenvalue weighted by molar-refractivity contribution is -0.138. The van der Waals surface area contributed by atoms with Crippen LogP contribution in [0.2, 0.25) is 0 Å². The van der Waals surface area contributed by atoms with E-state index in [1.165, 1.54) is 22.5 Å². The van der Waals surface area contributed by atoms with Crippen LogP contribution in [0, 0.1) is 0 Å². The Balaban J connectivity index is 1.67. The van der Waals surface area contributed by atoms with Crippen LogP contribution in [0.1, 0.15) is 29.7 Å². The summed E-state index contributed by atoms with van der Waals surface area (Å²) in [7, 11) is 0. The van der Waals surface area contributed by atoms with Gasteiger partial charge in [0.15, 0.2) is 5.13 Å². The molecule has 2 heterocycles. The molecular weight excluding hydrogens is 320 g/mol. The third-order valence-corrected chi connectivity index (χ3v) is 5.49. The van der Waals surface area contributed by atoms with Crippen LogP contribution in [-0.4, -0.2) is 22.1 Å². The molecule has 0 amide bonds. The molecule has 0 radical (unpaired) electrons. The van der Waals surface area contributed by atoms with Gasteiger partial charge < -0.3 is 10.0 Å². The highest BCUT2D eigenvalue weighted by atomic mass is 32.1. The minimum Gasteiger partial charge on any atom is -0.480 e. The summed E-state index contributed by atoms with van der Waals surface area (Å²) in [5, 5.41) is 12.5. The van der Waals surface area contributed by atoms with E-state index in [0.29, 0.717) is 13.0 Å². The number of aliphatic carboxylic acids is 1. The van der Waals surface area contributed by atoms with E-state index in [-0.39, 0.29) is 0 Å². The lowest BCUT2D eigenvalue weighted by Crippen LogP contribution is -2.45. The Kier molecular flexibility index (Phi) is 3.94. The van der Waals surface area contributed by atoms with E-state index < -0.39 is 12.0 Å². The van der Waals surface area contributed by atoms with Crippen molar-refractivity contribution in [2.24, 2.45) is 0 Å². The van der Waals surface area contributed by atoms with Crippen molar-refractivity contribution in [3.8, 4) is 0 Å². The number of allylic oxidation sites excluding steroid dienone is 4. The number of hydrogen-bond acceptors (Lipinski definition) is 4. The summed E-state index contributed by atoms with van der Waals surface area (Å²) in [6, 6.07) is 7.51. The molecule has 2 aliphatic rings. The number of hydrogen-bond donors (Lipinski definition) is 1. The average Bonchev–Trinajstić information content (AvgIpc) is 3.11. The van der Waals surface area contributed by atoms with E-state index >= 15 is 0 Å². The van der Waals surface area contributed by atoms with Gasteiger partial charge in [0.25, 0.3) is 0 Å². The van der Waals surface area contributed by atoms with Crippen LogP contribution >= 0.6 is 11.3 Å². The number of anilines is 1. The largest absolute Gasteiger partial charge is 0.480 e. The van der Waals surface area contributed by atoms with Crippen molar-refractivity contribution >= 4 is 28.0 Å². The molecule has 24 heavy (non-hydrogen) atoms. The first-order valence-corrected chi connectivity index (χ1v) is 8.98. The van der Waals surface area contributed by atoms with Gasteiger partial charge in [-0.05, 0) is 29.5 Å². The van der Waals surface area contributed by atoms with Crippen LogP contribution in [0.25, 0.3) is 5.57 Å². The second-order valence-electron chi connectivity index (χ2n) is 6.13. The maximum absolute atomic E-state index is 11.8. The highest BCUT2D eigenvalue weighted by Crippen LogP contribution is 2.33. The van der Waals surface area contributed by atoms with E-state index in [2.05, 4.69) is 24.3 Å². The fourth-order valence-electron chi connectivity index (χ4n) is 3.30. The highest BCUT2D eigenvalue weighted by Gasteiger charge is 2.33. The normalized spacial score (nSPS) is 19.8. The molecule has 0 fully saturated rings. The van der Waals surface area contributed by atoms with Crippen molar-refractivity contribution in [1.29, 1.82) is 0 Å². The minimum atomic E-state index is -0.791. The molecule has 1 N–H and O–H groups in total. The Bertz CT molecular complexity index is 837. The SMILES string of the molecule is O=C(O)C1Cc2ccccc2CN1c1nc(C2=CC=CCC2)cs1. The van der Waals surface area contributed by atoms with Gasteiger partial charge in [0.2, 0.25) is 0 Å². The molecule has 0 spiro atoms. The molecule has 1 aromatic carbocycles. The molecule has 122 valence electrons. The third-order valence-electron chi connectivity index (χ3n) is 4.61. The summed E-state index contributed by atoms with van der Waals surface area (Å²) >= 11 is 1.53. The highest BCUT2D eigenvalue weighted by molar-refractivity contribution is 7.13. The molecule has 0 saturated carbocycles. The van der Waals surface area contributed by atoms with Crippen molar-refractivity contribution in [1.82, 2.24) is 4.98 Å². The van der Waals surface area contributed by atoms with Gasteiger partial charge in [-0.3, -0.25) is 0 Å². The van der Waals surface area contributed by atoms with E-state index in [1.807, 2.05) is 28.5 Å². The van der Waals surface area contributed by atoms with Crippen LogP contribution in [0.5, 0.6) is 0 Å². The van der Waals surface area contributed by atoms with Crippen LogP contribution in [0.15, 0.2) is 47.9 Å². The molecular formula is C19H18N2O2S. The number of thiazole rings is 1. The van der Waals surface area contributed by atoms with E-state index in [4.69, 9.17) is 4.98 Å². The molecule has 0 bridgehead atoms. The van der Waals surface area contributed by atoms with Gasteiger partial charge in [-0.1, -0.05) is 42.5 Å². The predicted octanol–water partition coefficient (Wildman–Crippen LogP) is 3.89. The van der Waals surface area contributed by atoms with E-state index in [1.54, 1.807) is 0 Å². The molecule has 1 aliphatic carbocycles. The number of fused-ring (bicyclic) bond motifs is 1. The summed E-state index contributed by atoms with van der Waals surface area (Å²) < 4.78 is 0. The summed E-state index contributed by atoms with van der Waals surface area (Å²) in [5.41, 5.74) is 4.51. The van der Waals surface area contributed by atoms with E-state index in [0.717, 1.165) is 29.2 Å². The Hall–Kier alpha value is -2.40. The summed E-state index contributed by atoms with van der Waals surface area (Å²) in [6.07, 6.45) is 8.86. The lowest BCUT2D eigenvalue weighted by Gasteiger charge is -2.34. The maximum atomic E-state index is 11.8. The van der Waals surface area contributed by atoms with Gasteiger partial charge in [-0.15, -0.1) is 11.3 Å². The van der Waals surface area contributed by atoms with Crippen molar-refractivity contribution in [2.45, 2.75) is 31.8 Å². The lowest BCUT2D eigenvalue weighted by atomic mass is 9.94. The number of carboxylic acid groups (broad SMARTS) is 1. The Morgan fingerprint density at radius 1 is 1.29 bits per heavy atom. The van der Waals surface area contributed by atoms with Crippen molar-refractivity contribution in [2.75, 3.05) is 4.90 Å². The molecule has 5 heteroatoms. The van der Waals surface area contributed by atoms with Crippen LogP contribution in [0.3, 0.4) is 0 Å². The predicted molar refractivity (Wildman–Crippen MR) is 96.2 cm³/mol. The van der Waals surface area contributed by atoms with Crippen LogP contribution in [0.4, 0.5) is 5.13 Å². The maximum Gasteiger partial charge on any atom is 0.326 e. The molecule has 0 saturated heterocycles. The molecule has 1 atom stereocenters. The summed E-state index contributed by atoms with van der Waals surface area (Å²) in [5.74, 6) is -0.791. The zero-order valence-corrected chi connectivity index (χ0v) is 14.0. The topological polar surface area (TPSA) is 53.4 Å².